The van der Waals surface area contributed by atoms with Crippen molar-refractivity contribution in [2.75, 3.05) is 5.32 Å². The van der Waals surface area contributed by atoms with Gasteiger partial charge in [0.05, 0.1) is 11.1 Å². The third-order valence-electron chi connectivity index (χ3n) is 4.00. The monoisotopic (exact) mass is 381 g/mol. The van der Waals surface area contributed by atoms with Gasteiger partial charge in [-0.25, -0.2) is 14.5 Å². The van der Waals surface area contributed by atoms with E-state index in [9.17, 15) is 9.18 Å². The van der Waals surface area contributed by atoms with E-state index < -0.39 is 0 Å². The van der Waals surface area contributed by atoms with E-state index in [1.807, 2.05) is 18.2 Å². The van der Waals surface area contributed by atoms with Crippen LogP contribution in [0, 0.1) is 5.82 Å². The molecular formula is C19H16FN5OS. The fourth-order valence-electron chi connectivity index (χ4n) is 2.75. The first-order chi connectivity index (χ1) is 13.2. The predicted octanol–water partition coefficient (Wildman–Crippen LogP) is 3.55. The van der Waals surface area contributed by atoms with Gasteiger partial charge in [-0.3, -0.25) is 4.79 Å². The maximum atomic E-state index is 13.2. The second-order valence-corrected chi connectivity index (χ2v) is 7.03. The molecule has 4 rings (SSSR count). The standard InChI is InChI=1S/C19H16FN5OS/c20-12-4-3-5-13(8-12)23-19-22-10-14(27-19)9-21-11-17-15-6-1-2-7-16(15)18(26)25-24-17/h1-8,10,21H,9,11H2,(H,22,23)(H,25,26). The molecule has 0 unspecified atom stereocenters. The highest BCUT2D eigenvalue weighted by atomic mass is 32.1. The predicted molar refractivity (Wildman–Crippen MR) is 105 cm³/mol. The topological polar surface area (TPSA) is 82.7 Å². The summed E-state index contributed by atoms with van der Waals surface area (Å²) >= 11 is 1.49. The van der Waals surface area contributed by atoms with Gasteiger partial charge in [-0.1, -0.05) is 24.3 Å². The normalized spacial score (nSPS) is 11.0. The smallest absolute Gasteiger partial charge is 0.272 e. The molecule has 2 aromatic heterocycles. The Kier molecular flexibility index (Phi) is 4.91. The molecule has 0 aliphatic rings. The fourth-order valence-corrected chi connectivity index (χ4v) is 3.55. The summed E-state index contributed by atoms with van der Waals surface area (Å²) in [5, 5.41) is 15.3. The lowest BCUT2D eigenvalue weighted by Crippen LogP contribution is -2.17. The second kappa shape index (κ2) is 7.65. The molecule has 0 aliphatic carbocycles. The minimum absolute atomic E-state index is 0.190. The number of nitrogens with one attached hydrogen (secondary N) is 3. The van der Waals surface area contributed by atoms with Crippen molar-refractivity contribution >= 4 is 32.9 Å². The third kappa shape index (κ3) is 4.02. The molecule has 0 bridgehead atoms. The Morgan fingerprint density at radius 1 is 1.07 bits per heavy atom. The number of hydrogen-bond donors (Lipinski definition) is 3. The van der Waals surface area contributed by atoms with Crippen molar-refractivity contribution in [3.05, 3.63) is 81.5 Å². The zero-order valence-electron chi connectivity index (χ0n) is 14.2. The van der Waals surface area contributed by atoms with Crippen LogP contribution < -0.4 is 16.2 Å². The molecule has 0 amide bonds. The summed E-state index contributed by atoms with van der Waals surface area (Å²) in [5.74, 6) is -0.293. The average Bonchev–Trinajstić information content (AvgIpc) is 3.11. The summed E-state index contributed by atoms with van der Waals surface area (Å²) in [6.07, 6.45) is 1.78. The van der Waals surface area contributed by atoms with Crippen LogP contribution in [0.25, 0.3) is 10.8 Å². The number of anilines is 2. The van der Waals surface area contributed by atoms with Crippen LogP contribution in [0.3, 0.4) is 0 Å². The van der Waals surface area contributed by atoms with Gasteiger partial charge in [0.2, 0.25) is 0 Å². The lowest BCUT2D eigenvalue weighted by molar-refractivity contribution is 0.628. The van der Waals surface area contributed by atoms with Crippen molar-refractivity contribution in [1.29, 1.82) is 0 Å². The number of benzene rings is 2. The highest BCUT2D eigenvalue weighted by Gasteiger charge is 2.07. The van der Waals surface area contributed by atoms with Gasteiger partial charge < -0.3 is 10.6 Å². The molecule has 8 heteroatoms. The molecule has 0 radical (unpaired) electrons. The molecule has 2 heterocycles. The van der Waals surface area contributed by atoms with Crippen LogP contribution in [0.1, 0.15) is 10.6 Å². The van der Waals surface area contributed by atoms with Crippen molar-refractivity contribution in [2.45, 2.75) is 13.1 Å². The third-order valence-corrected chi connectivity index (χ3v) is 4.91. The van der Waals surface area contributed by atoms with Crippen LogP contribution in [0.5, 0.6) is 0 Å². The molecule has 27 heavy (non-hydrogen) atoms. The Hall–Kier alpha value is -3.10. The van der Waals surface area contributed by atoms with Crippen LogP contribution in [0.2, 0.25) is 0 Å². The maximum absolute atomic E-state index is 13.2. The SMILES string of the molecule is O=c1[nH]nc(CNCc2cnc(Nc3cccc(F)c3)s2)c2ccccc12. The summed E-state index contributed by atoms with van der Waals surface area (Å²) in [7, 11) is 0. The first-order valence-electron chi connectivity index (χ1n) is 8.33. The zero-order chi connectivity index (χ0) is 18.6. The minimum atomic E-state index is -0.293. The van der Waals surface area contributed by atoms with E-state index in [0.717, 1.165) is 16.0 Å². The van der Waals surface area contributed by atoms with Crippen molar-refractivity contribution in [3.63, 3.8) is 0 Å². The van der Waals surface area contributed by atoms with Gasteiger partial charge in [0, 0.05) is 35.2 Å². The number of thiazole rings is 1. The van der Waals surface area contributed by atoms with E-state index in [4.69, 9.17) is 0 Å². The van der Waals surface area contributed by atoms with E-state index in [1.54, 1.807) is 24.4 Å². The molecule has 4 aromatic rings. The second-order valence-electron chi connectivity index (χ2n) is 5.92. The molecule has 2 aromatic carbocycles. The van der Waals surface area contributed by atoms with Crippen LogP contribution in [0.15, 0.2) is 59.5 Å². The van der Waals surface area contributed by atoms with Crippen molar-refractivity contribution in [1.82, 2.24) is 20.5 Å². The van der Waals surface area contributed by atoms with E-state index >= 15 is 0 Å². The highest BCUT2D eigenvalue weighted by molar-refractivity contribution is 7.15. The van der Waals surface area contributed by atoms with Crippen molar-refractivity contribution in [3.8, 4) is 0 Å². The number of halogens is 1. The lowest BCUT2D eigenvalue weighted by atomic mass is 10.1. The molecular weight excluding hydrogens is 365 g/mol. The van der Waals surface area contributed by atoms with E-state index in [-0.39, 0.29) is 11.4 Å². The number of H-pyrrole nitrogens is 1. The van der Waals surface area contributed by atoms with Crippen molar-refractivity contribution < 1.29 is 4.39 Å². The van der Waals surface area contributed by atoms with Crippen LogP contribution in [0.4, 0.5) is 15.2 Å². The number of nitrogens with zero attached hydrogens (tertiary/aromatic N) is 2. The van der Waals surface area contributed by atoms with Gasteiger partial charge in [0.25, 0.3) is 5.56 Å². The Balaban J connectivity index is 1.40. The molecule has 0 saturated carbocycles. The Bertz CT molecular complexity index is 1140. The van der Waals surface area contributed by atoms with Crippen LogP contribution >= 0.6 is 11.3 Å². The van der Waals surface area contributed by atoms with Gasteiger partial charge in [0.1, 0.15) is 5.82 Å². The summed E-state index contributed by atoms with van der Waals surface area (Å²) in [4.78, 5) is 17.2. The van der Waals surface area contributed by atoms with E-state index in [1.165, 1.54) is 23.5 Å². The van der Waals surface area contributed by atoms with Gasteiger partial charge >= 0.3 is 0 Å². The first kappa shape index (κ1) is 17.3. The van der Waals surface area contributed by atoms with Crippen LogP contribution in [-0.2, 0) is 13.1 Å². The summed E-state index contributed by atoms with van der Waals surface area (Å²) in [6, 6.07) is 13.7. The molecule has 6 nitrogen and oxygen atoms in total. The molecule has 0 atom stereocenters. The quantitative estimate of drug-likeness (QED) is 0.476. The van der Waals surface area contributed by atoms with Gasteiger partial charge in [-0.15, -0.1) is 11.3 Å². The first-order valence-corrected chi connectivity index (χ1v) is 9.15. The van der Waals surface area contributed by atoms with Gasteiger partial charge in [-0.2, -0.15) is 5.10 Å². The van der Waals surface area contributed by atoms with Crippen LogP contribution in [-0.4, -0.2) is 15.2 Å². The molecule has 136 valence electrons. The minimum Gasteiger partial charge on any atom is -0.331 e. The summed E-state index contributed by atoms with van der Waals surface area (Å²) < 4.78 is 13.2. The Morgan fingerprint density at radius 3 is 2.78 bits per heavy atom. The maximum Gasteiger partial charge on any atom is 0.272 e. The van der Waals surface area contributed by atoms with Gasteiger partial charge in [-0.05, 0) is 24.3 Å². The van der Waals surface area contributed by atoms with Crippen molar-refractivity contribution in [2.24, 2.45) is 0 Å². The number of rotatable bonds is 6. The zero-order valence-corrected chi connectivity index (χ0v) is 15.0. The lowest BCUT2D eigenvalue weighted by Gasteiger charge is -2.05. The Morgan fingerprint density at radius 2 is 1.93 bits per heavy atom. The number of fused-ring (bicyclic) bond motifs is 1. The van der Waals surface area contributed by atoms with E-state index in [2.05, 4.69) is 25.8 Å². The van der Waals surface area contributed by atoms with Gasteiger partial charge in [0.15, 0.2) is 5.13 Å². The average molecular weight is 381 g/mol. The summed E-state index contributed by atoms with van der Waals surface area (Å²) in [6.45, 7) is 1.12. The van der Waals surface area contributed by atoms with E-state index in [0.29, 0.717) is 29.3 Å². The number of aromatic amines is 1. The largest absolute Gasteiger partial charge is 0.331 e. The fraction of sp³-hybridized carbons (Fsp3) is 0.105. The number of aromatic nitrogens is 3. The number of hydrogen-bond acceptors (Lipinski definition) is 6. The molecule has 0 fully saturated rings. The highest BCUT2D eigenvalue weighted by Crippen LogP contribution is 2.23. The molecule has 0 saturated heterocycles. The molecule has 3 N–H and O–H groups in total. The molecule has 0 spiro atoms. The summed E-state index contributed by atoms with van der Waals surface area (Å²) in [5.41, 5.74) is 1.26. The molecule has 0 aliphatic heterocycles. The Labute approximate surface area is 158 Å².